The van der Waals surface area contributed by atoms with Gasteiger partial charge in [-0.25, -0.2) is 8.42 Å². The van der Waals surface area contributed by atoms with Gasteiger partial charge in [-0.3, -0.25) is 4.79 Å². The summed E-state index contributed by atoms with van der Waals surface area (Å²) in [5, 5.41) is 9.87. The number of amides is 1. The minimum Gasteiger partial charge on any atom is -0.496 e. The van der Waals surface area contributed by atoms with E-state index >= 15 is 0 Å². The maximum absolute atomic E-state index is 11.9. The van der Waals surface area contributed by atoms with E-state index in [1.54, 1.807) is 37.3 Å². The van der Waals surface area contributed by atoms with Gasteiger partial charge in [-0.05, 0) is 23.8 Å². The lowest BCUT2D eigenvalue weighted by molar-refractivity contribution is 0.0997. The molecule has 1 amide bonds. The number of ether oxygens (including phenoxy) is 1. The molecule has 0 saturated carbocycles. The number of hydrogen-bond acceptors (Lipinski definition) is 5. The van der Waals surface area contributed by atoms with E-state index in [-0.39, 0.29) is 22.8 Å². The highest BCUT2D eigenvalue weighted by molar-refractivity contribution is 7.91. The third kappa shape index (κ3) is 3.83. The number of para-hydroxylation sites is 1. The molecule has 0 saturated heterocycles. The summed E-state index contributed by atoms with van der Waals surface area (Å²) in [6.45, 7) is 1.35. The van der Waals surface area contributed by atoms with Crippen LogP contribution in [0.15, 0.2) is 47.4 Å². The first-order chi connectivity index (χ1) is 11.9. The fraction of sp³-hybridized carbons (Fsp3) is 0.278. The fourth-order valence-electron chi connectivity index (χ4n) is 2.71. The summed E-state index contributed by atoms with van der Waals surface area (Å²) in [6.07, 6.45) is 0. The van der Waals surface area contributed by atoms with Crippen molar-refractivity contribution in [2.24, 2.45) is 5.73 Å². The molecule has 2 rings (SSSR count). The van der Waals surface area contributed by atoms with Gasteiger partial charge in [-0.2, -0.15) is 0 Å². The normalized spacial score (nSPS) is 12.6. The maximum Gasteiger partial charge on any atom is 0.252 e. The zero-order valence-electron chi connectivity index (χ0n) is 14.1. The highest BCUT2D eigenvalue weighted by atomic mass is 32.2. The van der Waals surface area contributed by atoms with Crippen molar-refractivity contribution < 1.29 is 23.1 Å². The van der Waals surface area contributed by atoms with Crippen LogP contribution in [0.4, 0.5) is 0 Å². The molecule has 0 fully saturated rings. The summed E-state index contributed by atoms with van der Waals surface area (Å²) in [4.78, 5) is 11.8. The van der Waals surface area contributed by atoms with Gasteiger partial charge in [-0.1, -0.05) is 31.2 Å². The predicted octanol–water partition coefficient (Wildman–Crippen LogP) is 1.71. The van der Waals surface area contributed by atoms with E-state index in [9.17, 15) is 18.3 Å². The molecule has 0 radical (unpaired) electrons. The van der Waals surface area contributed by atoms with Crippen molar-refractivity contribution in [2.45, 2.75) is 17.7 Å². The van der Waals surface area contributed by atoms with Gasteiger partial charge in [0.05, 0.1) is 29.9 Å². The van der Waals surface area contributed by atoms with Crippen LogP contribution in [-0.2, 0) is 9.84 Å². The Labute approximate surface area is 147 Å². The number of carbonyl (C=O) groups is 1. The van der Waals surface area contributed by atoms with Crippen molar-refractivity contribution >= 4 is 15.7 Å². The Bertz CT molecular complexity index is 860. The zero-order chi connectivity index (χ0) is 18.6. The summed E-state index contributed by atoms with van der Waals surface area (Å²) in [7, 11) is -1.86. The molecule has 0 aromatic heterocycles. The SMILES string of the molecule is CCS(=O)(=O)c1ccc([C@@H](CO)c2cccc(C(N)=O)c2OC)cc1. The molecule has 7 heteroatoms. The van der Waals surface area contributed by atoms with Crippen LogP contribution in [0.25, 0.3) is 0 Å². The Morgan fingerprint density at radius 3 is 2.32 bits per heavy atom. The minimum atomic E-state index is -3.29. The number of rotatable bonds is 7. The molecule has 0 aliphatic rings. The summed E-state index contributed by atoms with van der Waals surface area (Å²) in [5.41, 5.74) is 6.91. The molecule has 2 aromatic carbocycles. The second kappa shape index (κ2) is 7.67. The van der Waals surface area contributed by atoms with E-state index in [1.165, 1.54) is 19.2 Å². The predicted molar refractivity (Wildman–Crippen MR) is 94.6 cm³/mol. The summed E-state index contributed by atoms with van der Waals surface area (Å²) in [6, 6.07) is 11.3. The average Bonchev–Trinajstić information content (AvgIpc) is 2.62. The van der Waals surface area contributed by atoms with Crippen LogP contribution in [0.3, 0.4) is 0 Å². The Kier molecular flexibility index (Phi) is 5.81. The standard InChI is InChI=1S/C18H21NO5S/c1-3-25(22,23)13-9-7-12(8-10-13)16(11-20)14-5-4-6-15(18(19)21)17(14)24-2/h4-10,16,20H,3,11H2,1-2H3,(H2,19,21)/t16-/m1/s1. The zero-order valence-corrected chi connectivity index (χ0v) is 14.9. The van der Waals surface area contributed by atoms with Crippen LogP contribution in [0.1, 0.15) is 34.3 Å². The lowest BCUT2D eigenvalue weighted by Crippen LogP contribution is -2.15. The molecule has 0 heterocycles. The molecule has 0 spiro atoms. The van der Waals surface area contributed by atoms with E-state index in [0.29, 0.717) is 16.9 Å². The van der Waals surface area contributed by atoms with Gasteiger partial charge in [0.25, 0.3) is 5.91 Å². The molecule has 0 bridgehead atoms. The smallest absolute Gasteiger partial charge is 0.252 e. The van der Waals surface area contributed by atoms with Gasteiger partial charge < -0.3 is 15.6 Å². The molecule has 0 aliphatic heterocycles. The number of benzene rings is 2. The van der Waals surface area contributed by atoms with Crippen molar-refractivity contribution in [3.05, 3.63) is 59.2 Å². The molecule has 6 nitrogen and oxygen atoms in total. The molecule has 1 atom stereocenters. The van der Waals surface area contributed by atoms with Crippen LogP contribution >= 0.6 is 0 Å². The second-order valence-electron chi connectivity index (χ2n) is 5.50. The number of aliphatic hydroxyl groups excluding tert-OH is 1. The van der Waals surface area contributed by atoms with Crippen molar-refractivity contribution in [3.63, 3.8) is 0 Å². The first-order valence-corrected chi connectivity index (χ1v) is 9.41. The largest absolute Gasteiger partial charge is 0.496 e. The second-order valence-corrected chi connectivity index (χ2v) is 7.78. The van der Waals surface area contributed by atoms with Gasteiger partial charge in [0, 0.05) is 11.5 Å². The Hall–Kier alpha value is -2.38. The molecule has 0 aliphatic carbocycles. The lowest BCUT2D eigenvalue weighted by Gasteiger charge is -2.20. The summed E-state index contributed by atoms with van der Waals surface area (Å²) < 4.78 is 29.2. The number of primary amides is 1. The number of methoxy groups -OCH3 is 1. The molecular weight excluding hydrogens is 342 g/mol. The number of hydrogen-bond donors (Lipinski definition) is 2. The average molecular weight is 363 g/mol. The van der Waals surface area contributed by atoms with E-state index in [1.807, 2.05) is 0 Å². The van der Waals surface area contributed by atoms with Gasteiger partial charge >= 0.3 is 0 Å². The number of nitrogens with two attached hydrogens (primary N) is 1. The maximum atomic E-state index is 11.9. The molecular formula is C18H21NO5S. The summed E-state index contributed by atoms with van der Waals surface area (Å²) in [5.74, 6) is -0.781. The van der Waals surface area contributed by atoms with Gasteiger partial charge in [0.1, 0.15) is 5.75 Å². The van der Waals surface area contributed by atoms with E-state index in [0.717, 1.165) is 0 Å². The molecule has 2 aromatic rings. The Morgan fingerprint density at radius 1 is 1.20 bits per heavy atom. The lowest BCUT2D eigenvalue weighted by atomic mass is 9.90. The Morgan fingerprint density at radius 2 is 1.84 bits per heavy atom. The number of sulfone groups is 1. The van der Waals surface area contributed by atoms with Crippen molar-refractivity contribution in [1.29, 1.82) is 0 Å². The van der Waals surface area contributed by atoms with Gasteiger partial charge in [0.2, 0.25) is 0 Å². The topological polar surface area (TPSA) is 107 Å². The first kappa shape index (κ1) is 19.0. The molecule has 134 valence electrons. The quantitative estimate of drug-likeness (QED) is 0.779. The molecule has 3 N–H and O–H groups in total. The van der Waals surface area contributed by atoms with Gasteiger partial charge in [0.15, 0.2) is 9.84 Å². The van der Waals surface area contributed by atoms with E-state index in [2.05, 4.69) is 0 Å². The highest BCUT2D eigenvalue weighted by Gasteiger charge is 2.22. The van der Waals surface area contributed by atoms with Crippen LogP contribution in [0.5, 0.6) is 5.75 Å². The van der Waals surface area contributed by atoms with Crippen LogP contribution in [-0.4, -0.2) is 38.9 Å². The van der Waals surface area contributed by atoms with Crippen molar-refractivity contribution in [3.8, 4) is 5.75 Å². The first-order valence-electron chi connectivity index (χ1n) is 7.76. The fourth-order valence-corrected chi connectivity index (χ4v) is 3.59. The third-order valence-corrected chi connectivity index (χ3v) is 5.85. The van der Waals surface area contributed by atoms with E-state index in [4.69, 9.17) is 10.5 Å². The van der Waals surface area contributed by atoms with Crippen molar-refractivity contribution in [2.75, 3.05) is 19.5 Å². The van der Waals surface area contributed by atoms with Crippen LogP contribution in [0.2, 0.25) is 0 Å². The minimum absolute atomic E-state index is 0.0181. The molecule has 0 unspecified atom stereocenters. The monoisotopic (exact) mass is 363 g/mol. The number of carbonyl (C=O) groups excluding carboxylic acids is 1. The van der Waals surface area contributed by atoms with Crippen molar-refractivity contribution in [1.82, 2.24) is 0 Å². The van der Waals surface area contributed by atoms with Gasteiger partial charge in [-0.15, -0.1) is 0 Å². The third-order valence-electron chi connectivity index (χ3n) is 4.09. The number of aliphatic hydroxyl groups is 1. The summed E-state index contributed by atoms with van der Waals surface area (Å²) >= 11 is 0. The highest BCUT2D eigenvalue weighted by Crippen LogP contribution is 2.34. The molecule has 25 heavy (non-hydrogen) atoms. The van der Waals surface area contributed by atoms with Crippen LogP contribution in [0, 0.1) is 0 Å². The van der Waals surface area contributed by atoms with E-state index < -0.39 is 21.7 Å². The Balaban J connectivity index is 2.51. The van der Waals surface area contributed by atoms with Crippen LogP contribution < -0.4 is 10.5 Å².